The number of nitrogens with zero attached hydrogens (tertiary/aromatic N) is 3. The highest BCUT2D eigenvalue weighted by Crippen LogP contribution is 2.39. The van der Waals surface area contributed by atoms with Crippen molar-refractivity contribution in [3.8, 4) is 0 Å². The molecule has 2 aromatic rings. The molecule has 1 heterocycles. The standard InChI is InChI=1S/C23H23ClN4O4S/c1-13(2)14-3-5-15(6-4-14)25-23-27(16-7-8-16)22(30)20(33-23)12-21(29)26-19-11-17(28(31)32)9-10-18(19)24/h3-6,9-11,13,16,20H,7-8,12H2,1-2H3,(H,26,29). The molecule has 1 aliphatic heterocycles. The van der Waals surface area contributed by atoms with Crippen LogP contribution in [0.1, 0.15) is 44.6 Å². The number of amidine groups is 1. The minimum Gasteiger partial charge on any atom is -0.325 e. The molecule has 1 aliphatic carbocycles. The monoisotopic (exact) mass is 486 g/mol. The average molecular weight is 487 g/mol. The van der Waals surface area contributed by atoms with Crippen molar-refractivity contribution in [2.45, 2.75) is 50.3 Å². The maximum absolute atomic E-state index is 13.1. The smallest absolute Gasteiger partial charge is 0.271 e. The van der Waals surface area contributed by atoms with Gasteiger partial charge in [0.1, 0.15) is 5.25 Å². The lowest BCUT2D eigenvalue weighted by Gasteiger charge is -2.15. The van der Waals surface area contributed by atoms with Crippen LogP contribution in [0.3, 0.4) is 0 Å². The van der Waals surface area contributed by atoms with Gasteiger partial charge in [0.05, 0.1) is 21.3 Å². The third-order valence-corrected chi connectivity index (χ3v) is 6.95. The zero-order valence-electron chi connectivity index (χ0n) is 18.2. The SMILES string of the molecule is CC(C)c1ccc(N=C2SC(CC(=O)Nc3cc([N+](=O)[O-])ccc3Cl)C(=O)N2C2CC2)cc1. The fourth-order valence-corrected chi connectivity index (χ4v) is 4.88. The van der Waals surface area contributed by atoms with Crippen LogP contribution in [0.4, 0.5) is 17.1 Å². The molecule has 1 unspecified atom stereocenters. The summed E-state index contributed by atoms with van der Waals surface area (Å²) < 4.78 is 0. The summed E-state index contributed by atoms with van der Waals surface area (Å²) in [4.78, 5) is 42.5. The minimum absolute atomic E-state index is 0.0863. The molecule has 8 nitrogen and oxygen atoms in total. The van der Waals surface area contributed by atoms with E-state index in [9.17, 15) is 19.7 Å². The van der Waals surface area contributed by atoms with Gasteiger partial charge in [-0.1, -0.05) is 49.3 Å². The maximum atomic E-state index is 13.1. The highest BCUT2D eigenvalue weighted by atomic mass is 35.5. The van der Waals surface area contributed by atoms with E-state index < -0.39 is 16.1 Å². The molecule has 10 heteroatoms. The first-order chi connectivity index (χ1) is 15.7. The number of nitro groups is 1. The molecule has 0 bridgehead atoms. The lowest BCUT2D eigenvalue weighted by Crippen LogP contribution is -2.35. The Morgan fingerprint density at radius 1 is 1.27 bits per heavy atom. The van der Waals surface area contributed by atoms with Gasteiger partial charge in [-0.2, -0.15) is 0 Å². The second-order valence-electron chi connectivity index (χ2n) is 8.36. The molecule has 172 valence electrons. The molecule has 2 fully saturated rings. The highest BCUT2D eigenvalue weighted by molar-refractivity contribution is 8.15. The Labute approximate surface area is 200 Å². The van der Waals surface area contributed by atoms with E-state index in [-0.39, 0.29) is 34.8 Å². The first-order valence-corrected chi connectivity index (χ1v) is 11.9. The van der Waals surface area contributed by atoms with Gasteiger partial charge in [0, 0.05) is 24.6 Å². The van der Waals surface area contributed by atoms with E-state index in [1.807, 2.05) is 24.3 Å². The van der Waals surface area contributed by atoms with Gasteiger partial charge in [-0.15, -0.1) is 0 Å². The fraction of sp³-hybridized carbons (Fsp3) is 0.348. The molecule has 1 saturated heterocycles. The van der Waals surface area contributed by atoms with Crippen LogP contribution < -0.4 is 5.32 Å². The number of amides is 2. The van der Waals surface area contributed by atoms with Crippen LogP contribution in [-0.4, -0.2) is 38.1 Å². The first kappa shape index (κ1) is 23.3. The summed E-state index contributed by atoms with van der Waals surface area (Å²) in [6.45, 7) is 4.25. The van der Waals surface area contributed by atoms with Crippen LogP contribution >= 0.6 is 23.4 Å². The third-order valence-electron chi connectivity index (χ3n) is 5.47. The Hall–Kier alpha value is -2.91. The van der Waals surface area contributed by atoms with Gasteiger partial charge in [-0.25, -0.2) is 4.99 Å². The molecule has 0 aromatic heterocycles. The van der Waals surface area contributed by atoms with Gasteiger partial charge in [0.25, 0.3) is 5.69 Å². The van der Waals surface area contributed by atoms with Crippen molar-refractivity contribution < 1.29 is 14.5 Å². The quantitative estimate of drug-likeness (QED) is 0.411. The van der Waals surface area contributed by atoms with E-state index >= 15 is 0 Å². The average Bonchev–Trinajstić information content (AvgIpc) is 3.55. The molecule has 33 heavy (non-hydrogen) atoms. The van der Waals surface area contributed by atoms with Crippen molar-refractivity contribution in [1.82, 2.24) is 4.90 Å². The Kier molecular flexibility index (Phi) is 6.71. The number of carbonyl (C=O) groups is 2. The maximum Gasteiger partial charge on any atom is 0.271 e. The number of benzene rings is 2. The van der Waals surface area contributed by atoms with E-state index in [0.717, 1.165) is 18.5 Å². The number of non-ortho nitro benzene ring substituents is 1. The topological polar surface area (TPSA) is 105 Å². The number of nitro benzene ring substituents is 1. The molecular formula is C23H23ClN4O4S. The lowest BCUT2D eigenvalue weighted by atomic mass is 10.0. The molecule has 4 rings (SSSR count). The van der Waals surface area contributed by atoms with Crippen LogP contribution in [-0.2, 0) is 9.59 Å². The van der Waals surface area contributed by atoms with Crippen LogP contribution in [0.25, 0.3) is 0 Å². The molecule has 0 spiro atoms. The molecule has 1 saturated carbocycles. The number of anilines is 1. The molecule has 1 atom stereocenters. The minimum atomic E-state index is -0.614. The zero-order valence-corrected chi connectivity index (χ0v) is 19.7. The summed E-state index contributed by atoms with van der Waals surface area (Å²) in [5.41, 5.74) is 1.93. The summed E-state index contributed by atoms with van der Waals surface area (Å²) in [6, 6.07) is 11.9. The van der Waals surface area contributed by atoms with E-state index in [1.165, 1.54) is 35.5 Å². The van der Waals surface area contributed by atoms with Gasteiger partial charge in [0.15, 0.2) is 5.17 Å². The van der Waals surface area contributed by atoms with Crippen molar-refractivity contribution >= 4 is 57.4 Å². The van der Waals surface area contributed by atoms with E-state index in [1.54, 1.807) is 4.90 Å². The van der Waals surface area contributed by atoms with Crippen molar-refractivity contribution in [1.29, 1.82) is 0 Å². The second-order valence-corrected chi connectivity index (χ2v) is 9.94. The fourth-order valence-electron chi connectivity index (χ4n) is 3.50. The predicted octanol–water partition coefficient (Wildman–Crippen LogP) is 5.49. The number of nitrogens with one attached hydrogen (secondary N) is 1. The second kappa shape index (κ2) is 9.52. The largest absolute Gasteiger partial charge is 0.325 e. The van der Waals surface area contributed by atoms with Crippen LogP contribution in [0.5, 0.6) is 0 Å². The summed E-state index contributed by atoms with van der Waals surface area (Å²) in [6.07, 6.45) is 1.75. The normalized spacial score (nSPS) is 19.4. The third kappa shape index (κ3) is 5.36. The van der Waals surface area contributed by atoms with E-state index in [2.05, 4.69) is 19.2 Å². The summed E-state index contributed by atoms with van der Waals surface area (Å²) in [5.74, 6) is -0.165. The van der Waals surface area contributed by atoms with Crippen molar-refractivity contribution in [3.05, 3.63) is 63.2 Å². The Morgan fingerprint density at radius 3 is 2.58 bits per heavy atom. The highest BCUT2D eigenvalue weighted by Gasteiger charge is 2.46. The van der Waals surface area contributed by atoms with Crippen LogP contribution in [0.2, 0.25) is 5.02 Å². The van der Waals surface area contributed by atoms with Crippen molar-refractivity contribution in [2.24, 2.45) is 4.99 Å². The van der Waals surface area contributed by atoms with Gasteiger partial charge < -0.3 is 5.32 Å². The van der Waals surface area contributed by atoms with E-state index in [4.69, 9.17) is 16.6 Å². The van der Waals surface area contributed by atoms with Gasteiger partial charge in [-0.3, -0.25) is 24.6 Å². The van der Waals surface area contributed by atoms with E-state index in [0.29, 0.717) is 11.1 Å². The number of thioether (sulfide) groups is 1. The van der Waals surface area contributed by atoms with Crippen LogP contribution in [0, 0.1) is 10.1 Å². The number of aliphatic imine (C=N–C) groups is 1. The number of halogens is 1. The molecular weight excluding hydrogens is 464 g/mol. The van der Waals surface area contributed by atoms with Gasteiger partial charge >= 0.3 is 0 Å². The number of carbonyl (C=O) groups excluding carboxylic acids is 2. The Balaban J connectivity index is 1.48. The first-order valence-electron chi connectivity index (χ1n) is 10.6. The Bertz CT molecular complexity index is 1130. The molecule has 2 aliphatic rings. The number of hydrogen-bond donors (Lipinski definition) is 1. The molecule has 1 N–H and O–H groups in total. The summed E-state index contributed by atoms with van der Waals surface area (Å²) >= 11 is 7.35. The number of hydrogen-bond acceptors (Lipinski definition) is 6. The van der Waals surface area contributed by atoms with Crippen molar-refractivity contribution in [3.63, 3.8) is 0 Å². The van der Waals surface area contributed by atoms with Gasteiger partial charge in [0.2, 0.25) is 11.8 Å². The lowest BCUT2D eigenvalue weighted by molar-refractivity contribution is -0.384. The van der Waals surface area contributed by atoms with Gasteiger partial charge in [-0.05, 0) is 42.5 Å². The summed E-state index contributed by atoms with van der Waals surface area (Å²) in [7, 11) is 0. The summed E-state index contributed by atoms with van der Waals surface area (Å²) in [5, 5.41) is 13.8. The number of rotatable bonds is 7. The predicted molar refractivity (Wildman–Crippen MR) is 130 cm³/mol. The Morgan fingerprint density at radius 2 is 1.97 bits per heavy atom. The van der Waals surface area contributed by atoms with Crippen LogP contribution in [0.15, 0.2) is 47.5 Å². The molecule has 2 aromatic carbocycles. The van der Waals surface area contributed by atoms with Crippen molar-refractivity contribution in [2.75, 3.05) is 5.32 Å². The molecule has 2 amide bonds. The zero-order chi connectivity index (χ0) is 23.7. The molecule has 0 radical (unpaired) electrons.